The molecule has 17 nitrogen and oxygen atoms in total. The number of nitrogens with zero attached hydrogens (tertiary/aromatic N) is 6. The van der Waals surface area contributed by atoms with E-state index in [1.807, 2.05) is 44.2 Å². The van der Waals surface area contributed by atoms with Gasteiger partial charge in [0.05, 0.1) is 22.6 Å². The average molecular weight is 1090 g/mol. The van der Waals surface area contributed by atoms with E-state index in [4.69, 9.17) is 26.8 Å². The number of imide groups is 1. The molecule has 4 unspecified atom stereocenters. The Hall–Kier alpha value is -6.39. The van der Waals surface area contributed by atoms with Crippen LogP contribution in [0.4, 0.5) is 28.2 Å². The summed E-state index contributed by atoms with van der Waals surface area (Å²) in [5, 5.41) is 31.2. The number of aliphatic hydroxyl groups is 2. The Morgan fingerprint density at radius 2 is 1.69 bits per heavy atom. The number of carbonyl (C=O) groups is 4. The van der Waals surface area contributed by atoms with Crippen LogP contribution in [0.25, 0.3) is 22.0 Å². The average Bonchev–Trinajstić information content (AvgIpc) is 3.88. The highest BCUT2D eigenvalue weighted by atomic mass is 35.5. The number of halogens is 5. The Kier molecular flexibility index (Phi) is 15.0. The number of likely N-dealkylation sites (tertiary alicyclic amines) is 2. The van der Waals surface area contributed by atoms with E-state index in [0.29, 0.717) is 56.6 Å². The summed E-state index contributed by atoms with van der Waals surface area (Å²) in [7, 11) is 1.55. The Bertz CT molecular complexity index is 3130. The van der Waals surface area contributed by atoms with Gasteiger partial charge in [0, 0.05) is 99.2 Å². The van der Waals surface area contributed by atoms with Crippen LogP contribution in [-0.2, 0) is 22.2 Å². The molecule has 1 saturated carbocycles. The molecule has 4 fully saturated rings. The van der Waals surface area contributed by atoms with E-state index in [1.165, 1.54) is 15.6 Å². The lowest BCUT2D eigenvalue weighted by Crippen LogP contribution is -2.55. The zero-order valence-corrected chi connectivity index (χ0v) is 43.8. The Morgan fingerprint density at radius 1 is 0.961 bits per heavy atom. The summed E-state index contributed by atoms with van der Waals surface area (Å²) < 4.78 is 78.2. The van der Waals surface area contributed by atoms with Gasteiger partial charge in [0.2, 0.25) is 5.91 Å². The molecule has 77 heavy (non-hydrogen) atoms. The number of ether oxygens (including phenoxy) is 2. The van der Waals surface area contributed by atoms with Crippen molar-refractivity contribution >= 4 is 52.1 Å². The lowest BCUT2D eigenvalue weighted by atomic mass is 9.76. The van der Waals surface area contributed by atoms with Crippen LogP contribution in [0, 0.1) is 35.1 Å². The minimum absolute atomic E-state index is 0.00857. The molecule has 3 saturated heterocycles. The first-order valence-corrected chi connectivity index (χ1v) is 26.6. The van der Waals surface area contributed by atoms with Crippen molar-refractivity contribution in [1.82, 2.24) is 35.2 Å². The van der Waals surface area contributed by atoms with E-state index < -0.39 is 87.2 Å². The molecule has 6 N–H and O–H groups in total. The van der Waals surface area contributed by atoms with E-state index in [0.717, 1.165) is 31.6 Å². The zero-order valence-electron chi connectivity index (χ0n) is 43.0. The van der Waals surface area contributed by atoms with Gasteiger partial charge in [-0.15, -0.1) is 0 Å². The van der Waals surface area contributed by atoms with E-state index in [1.54, 1.807) is 11.9 Å². The molecule has 1 aliphatic carbocycles. The third kappa shape index (κ3) is 9.86. The zero-order chi connectivity index (χ0) is 54.7. The van der Waals surface area contributed by atoms with Crippen molar-refractivity contribution < 1.29 is 56.4 Å². The monoisotopic (exact) mass is 1090 g/mol. The molecule has 5 amide bonds. The van der Waals surface area contributed by atoms with Gasteiger partial charge in [0.1, 0.15) is 35.1 Å². The van der Waals surface area contributed by atoms with Crippen LogP contribution in [0.1, 0.15) is 104 Å². The van der Waals surface area contributed by atoms with Crippen LogP contribution in [0.3, 0.4) is 0 Å². The standard InChI is InChI=1S/C55H62ClF4N9O8/c1-29-26-67(17-13-34(29)42-37(57)23-35-48(46(42)59)66(3)65-50(35)69-20-14-40(71)64-53(69)74)27-31-11-18-68(19-12-31)52(73)54(75)15-9-33(10-16-54)63-28-55(32-7-5-4-6-8-32)30(2)41-39(77-55)24-38(58)45(56)44(41)43-36(49(61)72)25-62-51(47(43)60)76-22-21-70/h4-8,23-25,29-31,33-34,63,70,75H,9-22,26-28H2,1-3H3,(H2,61,72)(H,64,71,74). The van der Waals surface area contributed by atoms with Crippen LogP contribution in [0.15, 0.2) is 48.7 Å². The number of primary amides is 1. The van der Waals surface area contributed by atoms with Crippen molar-refractivity contribution in [3.8, 4) is 22.8 Å². The minimum Gasteiger partial charge on any atom is -0.480 e. The Labute approximate surface area is 447 Å². The Balaban J connectivity index is 0.758. The minimum atomic E-state index is -1.56. The number of pyridine rings is 1. The number of amides is 5. The summed E-state index contributed by atoms with van der Waals surface area (Å²) in [6.45, 7) is 6.29. The summed E-state index contributed by atoms with van der Waals surface area (Å²) in [6.07, 6.45) is 4.40. The predicted octanol–water partition coefficient (Wildman–Crippen LogP) is 6.78. The first kappa shape index (κ1) is 54.0. The van der Waals surface area contributed by atoms with Gasteiger partial charge in [-0.25, -0.2) is 27.3 Å². The number of hydrogen-bond donors (Lipinski definition) is 5. The van der Waals surface area contributed by atoms with Gasteiger partial charge in [-0.05, 0) is 80.9 Å². The molecule has 22 heteroatoms. The largest absolute Gasteiger partial charge is 0.480 e. The highest BCUT2D eigenvalue weighted by Gasteiger charge is 2.51. The summed E-state index contributed by atoms with van der Waals surface area (Å²) in [6, 6.07) is 10.8. The molecule has 3 aromatic carbocycles. The van der Waals surface area contributed by atoms with Crippen molar-refractivity contribution in [3.63, 3.8) is 0 Å². The van der Waals surface area contributed by atoms with Gasteiger partial charge >= 0.3 is 6.03 Å². The van der Waals surface area contributed by atoms with Gasteiger partial charge in [0.15, 0.2) is 23.1 Å². The van der Waals surface area contributed by atoms with Crippen molar-refractivity contribution in [3.05, 3.63) is 99.2 Å². The van der Waals surface area contributed by atoms with Crippen LogP contribution in [0.2, 0.25) is 5.02 Å². The normalized spacial score (nSPS) is 25.2. The molecular formula is C55H62ClF4N9O8. The maximum atomic E-state index is 16.4. The number of rotatable bonds is 14. The molecule has 4 aliphatic heterocycles. The number of urea groups is 1. The fourth-order valence-electron chi connectivity index (χ4n) is 12.6. The number of benzene rings is 3. The third-order valence-corrected chi connectivity index (χ3v) is 17.1. The number of nitrogens with two attached hydrogens (primary N) is 1. The fourth-order valence-corrected chi connectivity index (χ4v) is 12.9. The first-order valence-electron chi connectivity index (χ1n) is 26.3. The number of nitrogens with one attached hydrogen (secondary N) is 2. The third-order valence-electron chi connectivity index (χ3n) is 16.7. The van der Waals surface area contributed by atoms with Crippen molar-refractivity contribution in [2.24, 2.45) is 24.6 Å². The number of fused-ring (bicyclic) bond motifs is 2. The van der Waals surface area contributed by atoms with E-state index in [-0.39, 0.29) is 102 Å². The molecular weight excluding hydrogens is 1030 g/mol. The number of carbonyl (C=O) groups excluding carboxylic acids is 4. The van der Waals surface area contributed by atoms with Gasteiger partial charge in [0.25, 0.3) is 17.7 Å². The van der Waals surface area contributed by atoms with E-state index in [2.05, 4.69) is 25.6 Å². The summed E-state index contributed by atoms with van der Waals surface area (Å²) >= 11 is 6.69. The van der Waals surface area contributed by atoms with Gasteiger partial charge in [-0.2, -0.15) is 5.10 Å². The van der Waals surface area contributed by atoms with Gasteiger partial charge < -0.3 is 40.5 Å². The molecule has 2 aromatic heterocycles. The number of hydrogen-bond acceptors (Lipinski definition) is 12. The Morgan fingerprint density at radius 3 is 2.36 bits per heavy atom. The van der Waals surface area contributed by atoms with Crippen LogP contribution in [-0.4, -0.2) is 129 Å². The summed E-state index contributed by atoms with van der Waals surface area (Å²) in [5.74, 6) is -6.45. The maximum absolute atomic E-state index is 16.4. The smallest absolute Gasteiger partial charge is 0.329 e. The van der Waals surface area contributed by atoms with E-state index in [9.17, 15) is 29.4 Å². The quantitative estimate of drug-likeness (QED) is 0.0728. The number of aromatic nitrogens is 3. The lowest BCUT2D eigenvalue weighted by Gasteiger charge is -2.43. The fraction of sp³-hybridized carbons (Fsp3) is 0.491. The molecule has 5 aliphatic rings. The first-order chi connectivity index (χ1) is 36.8. The number of piperidine rings is 2. The highest BCUT2D eigenvalue weighted by molar-refractivity contribution is 6.34. The van der Waals surface area contributed by atoms with Crippen LogP contribution >= 0.6 is 11.6 Å². The van der Waals surface area contributed by atoms with Crippen molar-refractivity contribution in [2.75, 3.05) is 63.9 Å². The molecule has 6 heterocycles. The SMILES string of the molecule is CC1CN(CC2CCN(C(=O)C3(O)CCC(NCC4(c5ccccc5)Oc5cc(F)c(Cl)c(-c6c(C(N)=O)cnc(OCCO)c6F)c5C4C)CC3)CC2)CCC1c1c(F)cc2c(N3CCC(=O)NC3=O)nn(C)c2c1F. The highest BCUT2D eigenvalue weighted by Crippen LogP contribution is 2.56. The lowest BCUT2D eigenvalue weighted by molar-refractivity contribution is -0.156. The summed E-state index contributed by atoms with van der Waals surface area (Å²) in [4.78, 5) is 60.4. The molecule has 0 spiro atoms. The summed E-state index contributed by atoms with van der Waals surface area (Å²) in [5.41, 5.74) is 3.14. The number of aliphatic hydroxyl groups excluding tert-OH is 1. The molecule has 5 aromatic rings. The van der Waals surface area contributed by atoms with Crippen molar-refractivity contribution in [1.29, 1.82) is 0 Å². The number of anilines is 1. The van der Waals surface area contributed by atoms with Crippen molar-refractivity contribution in [2.45, 2.75) is 94.3 Å². The van der Waals surface area contributed by atoms with Crippen LogP contribution in [0.5, 0.6) is 11.6 Å². The van der Waals surface area contributed by atoms with Crippen LogP contribution < -0.4 is 30.7 Å². The maximum Gasteiger partial charge on any atom is 0.329 e. The topological polar surface area (TPSA) is 218 Å². The predicted molar refractivity (Wildman–Crippen MR) is 276 cm³/mol. The second-order valence-electron chi connectivity index (χ2n) is 21.4. The second-order valence-corrected chi connectivity index (χ2v) is 21.8. The molecule has 410 valence electrons. The molecule has 0 radical (unpaired) electrons. The second kappa shape index (κ2) is 21.4. The van der Waals surface area contributed by atoms with Gasteiger partial charge in [-0.1, -0.05) is 55.8 Å². The van der Waals surface area contributed by atoms with Gasteiger partial charge in [-0.3, -0.25) is 29.3 Å². The molecule has 4 atom stereocenters. The molecule has 10 rings (SSSR count). The number of aryl methyl sites for hydroxylation is 1. The molecule has 0 bridgehead atoms. The van der Waals surface area contributed by atoms with E-state index >= 15 is 17.6 Å².